The summed E-state index contributed by atoms with van der Waals surface area (Å²) in [4.78, 5) is 13.9. The summed E-state index contributed by atoms with van der Waals surface area (Å²) >= 11 is 0. The van der Waals surface area contributed by atoms with Crippen LogP contribution < -0.4 is 0 Å². The van der Waals surface area contributed by atoms with E-state index in [4.69, 9.17) is 9.47 Å². The lowest BCUT2D eigenvalue weighted by atomic mass is 9.80. The van der Waals surface area contributed by atoms with Gasteiger partial charge in [-0.15, -0.1) is 0 Å². The minimum absolute atomic E-state index is 0.0157. The van der Waals surface area contributed by atoms with Gasteiger partial charge in [-0.2, -0.15) is 0 Å². The molecule has 0 saturated heterocycles. The van der Waals surface area contributed by atoms with Crippen molar-refractivity contribution in [3.8, 4) is 0 Å². The van der Waals surface area contributed by atoms with Gasteiger partial charge in [-0.3, -0.25) is 4.79 Å². The summed E-state index contributed by atoms with van der Waals surface area (Å²) in [7, 11) is 3.41. The molecule has 0 fully saturated rings. The molecule has 1 aliphatic rings. The molecule has 1 aromatic carbocycles. The zero-order valence-electron chi connectivity index (χ0n) is 14.6. The number of nitrogens with zero attached hydrogens (tertiary/aromatic N) is 1. The maximum atomic E-state index is 12.4. The maximum Gasteiger partial charge on any atom is 0.288 e. The Hall–Kier alpha value is -1.85. The Kier molecular flexibility index (Phi) is 6.82. The van der Waals surface area contributed by atoms with Crippen LogP contribution in [0.1, 0.15) is 31.2 Å². The molecule has 0 unspecified atom stereocenters. The fourth-order valence-electron chi connectivity index (χ4n) is 3.03. The maximum absolute atomic E-state index is 12.4. The molecule has 0 saturated carbocycles. The number of carbonyl (C=O) groups excluding carboxylic acids is 1. The highest BCUT2D eigenvalue weighted by Gasteiger charge is 2.37. The van der Waals surface area contributed by atoms with E-state index in [2.05, 4.69) is 12.1 Å². The third kappa shape index (κ3) is 4.36. The Morgan fingerprint density at radius 3 is 2.58 bits per heavy atom. The summed E-state index contributed by atoms with van der Waals surface area (Å²) in [5, 5.41) is 9.23. The predicted molar refractivity (Wildman–Crippen MR) is 92.3 cm³/mol. The van der Waals surface area contributed by atoms with E-state index in [1.807, 2.05) is 31.2 Å². The minimum Gasteiger partial charge on any atom is -0.459 e. The molecule has 1 aromatic rings. The lowest BCUT2D eigenvalue weighted by Gasteiger charge is -2.37. The zero-order valence-corrected chi connectivity index (χ0v) is 14.6. The number of aliphatic hydroxyl groups excluding tert-OH is 1. The van der Waals surface area contributed by atoms with Gasteiger partial charge in [0.2, 0.25) is 6.29 Å². The molecule has 0 spiro atoms. The number of hydrogen-bond donors (Lipinski definition) is 1. The lowest BCUT2D eigenvalue weighted by molar-refractivity contribution is -0.169. The van der Waals surface area contributed by atoms with E-state index in [0.717, 1.165) is 12.0 Å². The van der Waals surface area contributed by atoms with Crippen molar-refractivity contribution in [1.29, 1.82) is 0 Å². The second-order valence-electron chi connectivity index (χ2n) is 6.14. The molecule has 1 heterocycles. The number of amides is 1. The third-order valence-electron chi connectivity index (χ3n) is 4.21. The van der Waals surface area contributed by atoms with Crippen molar-refractivity contribution in [3.05, 3.63) is 47.7 Å². The van der Waals surface area contributed by atoms with Gasteiger partial charge in [-0.05, 0) is 31.4 Å². The average Bonchev–Trinajstić information content (AvgIpc) is 2.60. The first-order valence-electron chi connectivity index (χ1n) is 8.46. The van der Waals surface area contributed by atoms with Crippen LogP contribution in [0, 0.1) is 5.92 Å². The number of rotatable bonds is 7. The Bertz CT molecular complexity index is 556. The highest BCUT2D eigenvalue weighted by atomic mass is 16.7. The SMILES string of the molecule is CCO[C@H]1OC(C(=O)N(C)C)=C[C@@H](c2ccccc2)[C@H]1CCCO. The van der Waals surface area contributed by atoms with Gasteiger partial charge in [0.15, 0.2) is 5.76 Å². The first kappa shape index (κ1) is 18.5. The first-order valence-corrected chi connectivity index (χ1v) is 8.46. The van der Waals surface area contributed by atoms with Crippen molar-refractivity contribution >= 4 is 5.91 Å². The second kappa shape index (κ2) is 8.85. The normalized spacial score (nSPS) is 23.3. The topological polar surface area (TPSA) is 59.0 Å². The molecule has 1 amide bonds. The zero-order chi connectivity index (χ0) is 17.5. The first-order chi connectivity index (χ1) is 11.6. The van der Waals surface area contributed by atoms with Crippen LogP contribution in [0.15, 0.2) is 42.2 Å². The molecule has 24 heavy (non-hydrogen) atoms. The average molecular weight is 333 g/mol. The van der Waals surface area contributed by atoms with E-state index >= 15 is 0 Å². The molecule has 132 valence electrons. The summed E-state index contributed by atoms with van der Waals surface area (Å²) in [6.07, 6.45) is 2.84. The summed E-state index contributed by atoms with van der Waals surface area (Å²) < 4.78 is 11.7. The fraction of sp³-hybridized carbons (Fsp3) is 0.526. The van der Waals surface area contributed by atoms with Crippen molar-refractivity contribution in [2.75, 3.05) is 27.3 Å². The van der Waals surface area contributed by atoms with Gasteiger partial charge < -0.3 is 19.5 Å². The smallest absolute Gasteiger partial charge is 0.288 e. The van der Waals surface area contributed by atoms with Crippen LogP contribution >= 0.6 is 0 Å². The van der Waals surface area contributed by atoms with Gasteiger partial charge in [0, 0.05) is 39.1 Å². The predicted octanol–water partition coefficient (Wildman–Crippen LogP) is 2.52. The number of ether oxygens (including phenoxy) is 2. The molecule has 0 radical (unpaired) electrons. The quantitative estimate of drug-likeness (QED) is 0.833. The summed E-state index contributed by atoms with van der Waals surface area (Å²) in [6, 6.07) is 10.1. The number of likely N-dealkylation sites (N-methyl/N-ethyl adjacent to an activating group) is 1. The molecule has 5 heteroatoms. The van der Waals surface area contributed by atoms with Gasteiger partial charge in [0.1, 0.15) is 0 Å². The van der Waals surface area contributed by atoms with E-state index in [-0.39, 0.29) is 24.3 Å². The molecule has 3 atom stereocenters. The number of hydrogen-bond acceptors (Lipinski definition) is 4. The van der Waals surface area contributed by atoms with Crippen LogP contribution in [0.2, 0.25) is 0 Å². The van der Waals surface area contributed by atoms with E-state index in [9.17, 15) is 9.90 Å². The monoisotopic (exact) mass is 333 g/mol. The van der Waals surface area contributed by atoms with Crippen LogP contribution in [0.5, 0.6) is 0 Å². The molecule has 5 nitrogen and oxygen atoms in total. The second-order valence-corrected chi connectivity index (χ2v) is 6.14. The molecule has 2 rings (SSSR count). The Morgan fingerprint density at radius 1 is 1.29 bits per heavy atom. The van der Waals surface area contributed by atoms with Gasteiger partial charge in [0.05, 0.1) is 0 Å². The van der Waals surface area contributed by atoms with Crippen molar-refractivity contribution in [3.63, 3.8) is 0 Å². The van der Waals surface area contributed by atoms with Gasteiger partial charge >= 0.3 is 0 Å². The van der Waals surface area contributed by atoms with Crippen molar-refractivity contribution < 1.29 is 19.4 Å². The standard InChI is InChI=1S/C19H27NO4/c1-4-23-19-15(11-8-12-21)16(14-9-6-5-7-10-14)13-17(24-19)18(22)20(2)3/h5-7,9-10,13,15-16,19,21H,4,8,11-12H2,1-3H3/t15-,16+,19+/m1/s1. The summed E-state index contributed by atoms with van der Waals surface area (Å²) in [6.45, 7) is 2.55. The number of carbonyl (C=O) groups is 1. The van der Waals surface area contributed by atoms with Crippen molar-refractivity contribution in [2.45, 2.75) is 32.0 Å². The molecule has 0 aromatic heterocycles. The fourth-order valence-corrected chi connectivity index (χ4v) is 3.03. The van der Waals surface area contributed by atoms with Crippen molar-refractivity contribution in [1.82, 2.24) is 4.90 Å². The molecule has 0 bridgehead atoms. The van der Waals surface area contributed by atoms with E-state index in [1.54, 1.807) is 14.1 Å². The van der Waals surface area contributed by atoms with E-state index in [1.165, 1.54) is 4.90 Å². The highest BCUT2D eigenvalue weighted by molar-refractivity contribution is 5.91. The molecular formula is C19H27NO4. The number of allylic oxidation sites excluding steroid dienone is 1. The number of benzene rings is 1. The van der Waals surface area contributed by atoms with E-state index < -0.39 is 6.29 Å². The molecule has 0 aliphatic carbocycles. The lowest BCUT2D eigenvalue weighted by Crippen LogP contribution is -2.38. The Labute approximate surface area is 143 Å². The molecular weight excluding hydrogens is 306 g/mol. The van der Waals surface area contributed by atoms with Crippen LogP contribution in [0.4, 0.5) is 0 Å². The largest absolute Gasteiger partial charge is 0.459 e. The van der Waals surface area contributed by atoms with Gasteiger partial charge in [-0.25, -0.2) is 0 Å². The summed E-state index contributed by atoms with van der Waals surface area (Å²) in [5.41, 5.74) is 1.12. The minimum atomic E-state index is -0.490. The van der Waals surface area contributed by atoms with E-state index in [0.29, 0.717) is 18.8 Å². The Morgan fingerprint density at radius 2 is 2.00 bits per heavy atom. The van der Waals surface area contributed by atoms with Crippen LogP contribution in [0.3, 0.4) is 0 Å². The van der Waals surface area contributed by atoms with Gasteiger partial charge in [0.25, 0.3) is 5.91 Å². The van der Waals surface area contributed by atoms with Crippen LogP contribution in [-0.4, -0.2) is 49.5 Å². The number of aliphatic hydroxyl groups is 1. The third-order valence-corrected chi connectivity index (χ3v) is 4.21. The van der Waals surface area contributed by atoms with Crippen LogP contribution in [-0.2, 0) is 14.3 Å². The molecule has 1 N–H and O–H groups in total. The Balaban J connectivity index is 2.39. The van der Waals surface area contributed by atoms with Gasteiger partial charge in [-0.1, -0.05) is 30.3 Å². The summed E-state index contributed by atoms with van der Waals surface area (Å²) in [5.74, 6) is 0.231. The molecule has 1 aliphatic heterocycles. The van der Waals surface area contributed by atoms with Crippen LogP contribution in [0.25, 0.3) is 0 Å². The highest BCUT2D eigenvalue weighted by Crippen LogP contribution is 2.39. The van der Waals surface area contributed by atoms with Crippen molar-refractivity contribution in [2.24, 2.45) is 5.92 Å².